The summed E-state index contributed by atoms with van der Waals surface area (Å²) < 4.78 is 26.3. The first-order valence-electron chi connectivity index (χ1n) is 5.85. The zero-order chi connectivity index (χ0) is 11.2. The molecule has 2 fully saturated rings. The molecule has 0 aromatic heterocycles. The summed E-state index contributed by atoms with van der Waals surface area (Å²) >= 11 is 0. The van der Waals surface area contributed by atoms with Crippen LogP contribution in [0.2, 0.25) is 0 Å². The first kappa shape index (κ1) is 12.3. The fourth-order valence-electron chi connectivity index (χ4n) is 1.23. The van der Waals surface area contributed by atoms with Crippen LogP contribution < -0.4 is 0 Å². The van der Waals surface area contributed by atoms with Gasteiger partial charge in [-0.1, -0.05) is 0 Å². The van der Waals surface area contributed by atoms with Crippen molar-refractivity contribution in [2.75, 3.05) is 46.2 Å². The van der Waals surface area contributed by atoms with E-state index in [4.69, 9.17) is 23.7 Å². The van der Waals surface area contributed by atoms with Crippen molar-refractivity contribution in [3.63, 3.8) is 0 Å². The van der Waals surface area contributed by atoms with E-state index in [9.17, 15) is 0 Å². The van der Waals surface area contributed by atoms with Gasteiger partial charge in [-0.15, -0.1) is 0 Å². The highest BCUT2D eigenvalue weighted by Crippen LogP contribution is 2.10. The van der Waals surface area contributed by atoms with Crippen LogP contribution in [0.1, 0.15) is 6.92 Å². The highest BCUT2D eigenvalue weighted by Gasteiger charge is 2.23. The Labute approximate surface area is 95.9 Å². The first-order chi connectivity index (χ1) is 7.84. The van der Waals surface area contributed by atoms with Crippen molar-refractivity contribution in [1.82, 2.24) is 0 Å². The molecule has 5 nitrogen and oxygen atoms in total. The molecule has 94 valence electrons. The summed E-state index contributed by atoms with van der Waals surface area (Å²) in [6, 6.07) is 0. The van der Waals surface area contributed by atoms with Gasteiger partial charge in [-0.3, -0.25) is 0 Å². The standard InChI is InChI=1S/C11H20O5/c1-9(14-6-11-8-16-11)4-12-2-3-13-5-10-7-15-10/h9-11H,2-8H2,1H3. The van der Waals surface area contributed by atoms with Crippen LogP contribution in [0.5, 0.6) is 0 Å². The van der Waals surface area contributed by atoms with Gasteiger partial charge in [0.05, 0.1) is 52.4 Å². The van der Waals surface area contributed by atoms with Crippen LogP contribution in [0.4, 0.5) is 0 Å². The van der Waals surface area contributed by atoms with Gasteiger partial charge >= 0.3 is 0 Å². The lowest BCUT2D eigenvalue weighted by Crippen LogP contribution is -2.20. The molecule has 2 heterocycles. The Bertz CT molecular complexity index is 191. The fourth-order valence-corrected chi connectivity index (χ4v) is 1.23. The summed E-state index contributed by atoms with van der Waals surface area (Å²) in [5.74, 6) is 0. The average Bonchev–Trinajstić information content (AvgIpc) is 3.15. The Hall–Kier alpha value is -0.200. The maximum atomic E-state index is 5.51. The molecule has 3 unspecified atom stereocenters. The third-order valence-electron chi connectivity index (χ3n) is 2.40. The Balaban J connectivity index is 1.32. The molecule has 0 aromatic carbocycles. The van der Waals surface area contributed by atoms with Gasteiger partial charge in [0.25, 0.3) is 0 Å². The summed E-state index contributed by atoms with van der Waals surface area (Å²) in [5, 5.41) is 0. The second kappa shape index (κ2) is 6.51. The minimum absolute atomic E-state index is 0.121. The van der Waals surface area contributed by atoms with Crippen LogP contribution >= 0.6 is 0 Å². The topological polar surface area (TPSA) is 52.8 Å². The van der Waals surface area contributed by atoms with Crippen LogP contribution in [0.25, 0.3) is 0 Å². The van der Waals surface area contributed by atoms with E-state index >= 15 is 0 Å². The van der Waals surface area contributed by atoms with Crippen LogP contribution in [0.15, 0.2) is 0 Å². The van der Waals surface area contributed by atoms with E-state index in [1.54, 1.807) is 0 Å². The number of rotatable bonds is 10. The largest absolute Gasteiger partial charge is 0.376 e. The molecule has 0 amide bonds. The second-order valence-corrected chi connectivity index (χ2v) is 4.20. The minimum atomic E-state index is 0.121. The lowest BCUT2D eigenvalue weighted by atomic mass is 10.4. The quantitative estimate of drug-likeness (QED) is 0.398. The SMILES string of the molecule is CC(COCCOCC1CO1)OCC1CO1. The smallest absolute Gasteiger partial charge is 0.104 e. The Morgan fingerprint density at radius 3 is 2.38 bits per heavy atom. The molecule has 0 aromatic rings. The van der Waals surface area contributed by atoms with Gasteiger partial charge in [0.15, 0.2) is 0 Å². The van der Waals surface area contributed by atoms with Gasteiger partial charge in [0.1, 0.15) is 12.2 Å². The normalized spacial score (nSPS) is 29.1. The van der Waals surface area contributed by atoms with Crippen LogP contribution in [0, 0.1) is 0 Å². The van der Waals surface area contributed by atoms with Crippen molar-refractivity contribution in [3.8, 4) is 0 Å². The lowest BCUT2D eigenvalue weighted by molar-refractivity contribution is -0.0278. The molecule has 3 atom stereocenters. The molecule has 0 bridgehead atoms. The van der Waals surface area contributed by atoms with E-state index in [2.05, 4.69) is 0 Å². The molecule has 0 N–H and O–H groups in total. The maximum absolute atomic E-state index is 5.51. The fraction of sp³-hybridized carbons (Fsp3) is 1.00. The summed E-state index contributed by atoms with van der Waals surface area (Å²) in [4.78, 5) is 0. The number of epoxide rings is 2. The molecule has 0 aliphatic carbocycles. The molecular weight excluding hydrogens is 212 g/mol. The van der Waals surface area contributed by atoms with Crippen molar-refractivity contribution in [2.24, 2.45) is 0 Å². The molecule has 16 heavy (non-hydrogen) atoms. The third-order valence-corrected chi connectivity index (χ3v) is 2.40. The van der Waals surface area contributed by atoms with Crippen LogP contribution in [0.3, 0.4) is 0 Å². The highest BCUT2D eigenvalue weighted by atomic mass is 16.6. The Morgan fingerprint density at radius 1 is 1.06 bits per heavy atom. The summed E-state index contributed by atoms with van der Waals surface area (Å²) in [5.41, 5.74) is 0. The Kier molecular flexibility index (Phi) is 4.99. The van der Waals surface area contributed by atoms with Crippen molar-refractivity contribution in [3.05, 3.63) is 0 Å². The van der Waals surface area contributed by atoms with Crippen molar-refractivity contribution >= 4 is 0 Å². The van der Waals surface area contributed by atoms with Crippen molar-refractivity contribution in [1.29, 1.82) is 0 Å². The van der Waals surface area contributed by atoms with E-state index in [-0.39, 0.29) is 6.10 Å². The van der Waals surface area contributed by atoms with Gasteiger partial charge in [-0.05, 0) is 6.92 Å². The summed E-state index contributed by atoms with van der Waals surface area (Å²) in [6.45, 7) is 6.89. The van der Waals surface area contributed by atoms with Gasteiger partial charge in [0.2, 0.25) is 0 Å². The zero-order valence-electron chi connectivity index (χ0n) is 9.72. The van der Waals surface area contributed by atoms with Crippen molar-refractivity contribution < 1.29 is 23.7 Å². The van der Waals surface area contributed by atoms with E-state index in [1.807, 2.05) is 6.92 Å². The summed E-state index contributed by atoms with van der Waals surface area (Å²) in [6.07, 6.45) is 0.779. The molecule has 2 saturated heterocycles. The van der Waals surface area contributed by atoms with Crippen molar-refractivity contribution in [2.45, 2.75) is 25.2 Å². The molecule has 0 spiro atoms. The first-order valence-corrected chi connectivity index (χ1v) is 5.85. The van der Waals surface area contributed by atoms with E-state index in [0.29, 0.717) is 45.2 Å². The zero-order valence-corrected chi connectivity index (χ0v) is 9.72. The number of hydrogen-bond donors (Lipinski definition) is 0. The summed E-state index contributed by atoms with van der Waals surface area (Å²) in [7, 11) is 0. The van der Waals surface area contributed by atoms with E-state index in [0.717, 1.165) is 13.2 Å². The molecule has 0 radical (unpaired) electrons. The number of hydrogen-bond acceptors (Lipinski definition) is 5. The lowest BCUT2D eigenvalue weighted by Gasteiger charge is -2.12. The van der Waals surface area contributed by atoms with Crippen LogP contribution in [-0.4, -0.2) is 64.6 Å². The number of ether oxygens (including phenoxy) is 5. The predicted octanol–water partition coefficient (Wildman–Crippen LogP) is 0.222. The molecule has 2 aliphatic rings. The van der Waals surface area contributed by atoms with E-state index < -0.39 is 0 Å². The van der Waals surface area contributed by atoms with Crippen LogP contribution in [-0.2, 0) is 23.7 Å². The maximum Gasteiger partial charge on any atom is 0.104 e. The average molecular weight is 232 g/mol. The monoisotopic (exact) mass is 232 g/mol. The van der Waals surface area contributed by atoms with Gasteiger partial charge in [-0.25, -0.2) is 0 Å². The van der Waals surface area contributed by atoms with Gasteiger partial charge in [0, 0.05) is 0 Å². The highest BCUT2D eigenvalue weighted by molar-refractivity contribution is 4.68. The second-order valence-electron chi connectivity index (χ2n) is 4.20. The van der Waals surface area contributed by atoms with Gasteiger partial charge in [-0.2, -0.15) is 0 Å². The molecule has 0 saturated carbocycles. The molecule has 2 aliphatic heterocycles. The Morgan fingerprint density at radius 2 is 1.69 bits per heavy atom. The minimum Gasteiger partial charge on any atom is -0.376 e. The van der Waals surface area contributed by atoms with E-state index in [1.165, 1.54) is 0 Å². The molecule has 2 rings (SSSR count). The third kappa shape index (κ3) is 5.77. The predicted molar refractivity (Wildman–Crippen MR) is 56.5 cm³/mol. The molecular formula is C11H20O5. The van der Waals surface area contributed by atoms with Gasteiger partial charge < -0.3 is 23.7 Å². The molecule has 5 heteroatoms.